The zero-order valence-corrected chi connectivity index (χ0v) is 11.3. The number of para-hydroxylation sites is 1. The first kappa shape index (κ1) is 14.0. The molecule has 0 atom stereocenters. The van der Waals surface area contributed by atoms with Gasteiger partial charge in [-0.2, -0.15) is 0 Å². The van der Waals surface area contributed by atoms with Crippen molar-refractivity contribution in [2.24, 2.45) is 0 Å². The Morgan fingerprint density at radius 1 is 1.35 bits per heavy atom. The third-order valence-corrected chi connectivity index (χ3v) is 3.01. The Kier molecular flexibility index (Phi) is 4.34. The number of fused-ring (bicyclic) bond motifs is 1. The largest absolute Gasteiger partial charge is 0.481 e. The Balaban J connectivity index is 1.88. The molecule has 0 spiro atoms. The molecule has 0 aliphatic rings. The zero-order valence-electron chi connectivity index (χ0n) is 11.3. The Hall–Kier alpha value is -2.37. The van der Waals surface area contributed by atoms with Crippen molar-refractivity contribution in [2.45, 2.75) is 26.2 Å². The smallest absolute Gasteiger partial charge is 0.305 e. The van der Waals surface area contributed by atoms with Gasteiger partial charge in [0, 0.05) is 19.4 Å². The van der Waals surface area contributed by atoms with Crippen molar-refractivity contribution in [2.75, 3.05) is 6.54 Å². The average molecular weight is 275 g/mol. The number of aromatic nitrogens is 2. The van der Waals surface area contributed by atoms with Gasteiger partial charge in [0.05, 0.1) is 17.5 Å². The normalized spacial score (nSPS) is 10.7. The van der Waals surface area contributed by atoms with Gasteiger partial charge in [-0.15, -0.1) is 0 Å². The maximum atomic E-state index is 11.5. The number of carboxylic acids is 1. The number of benzene rings is 1. The molecule has 0 radical (unpaired) electrons. The van der Waals surface area contributed by atoms with E-state index in [1.807, 2.05) is 25.1 Å². The molecule has 0 saturated heterocycles. The van der Waals surface area contributed by atoms with Crippen LogP contribution in [0, 0.1) is 6.92 Å². The number of nitrogens with one attached hydrogen (secondary N) is 2. The van der Waals surface area contributed by atoms with Crippen molar-refractivity contribution in [3.05, 3.63) is 29.6 Å². The number of hydrogen-bond donors (Lipinski definition) is 3. The van der Waals surface area contributed by atoms with E-state index in [4.69, 9.17) is 5.11 Å². The van der Waals surface area contributed by atoms with Crippen LogP contribution in [0.4, 0.5) is 0 Å². The topological polar surface area (TPSA) is 95.1 Å². The van der Waals surface area contributed by atoms with E-state index in [1.165, 1.54) is 0 Å². The van der Waals surface area contributed by atoms with Crippen molar-refractivity contribution in [3.8, 4) is 0 Å². The number of hydrogen-bond acceptors (Lipinski definition) is 3. The van der Waals surface area contributed by atoms with E-state index < -0.39 is 5.97 Å². The molecule has 20 heavy (non-hydrogen) atoms. The number of aliphatic carboxylic acids is 1. The van der Waals surface area contributed by atoms with Gasteiger partial charge in [-0.25, -0.2) is 4.98 Å². The molecule has 2 rings (SSSR count). The summed E-state index contributed by atoms with van der Waals surface area (Å²) in [5.41, 5.74) is 2.98. The maximum absolute atomic E-state index is 11.5. The second-order valence-corrected chi connectivity index (χ2v) is 4.65. The quantitative estimate of drug-likeness (QED) is 0.742. The molecule has 1 aromatic heterocycles. The molecule has 0 fully saturated rings. The van der Waals surface area contributed by atoms with Gasteiger partial charge in [0.1, 0.15) is 5.82 Å². The van der Waals surface area contributed by atoms with Crippen molar-refractivity contribution in [1.29, 1.82) is 0 Å². The number of amides is 1. The highest BCUT2D eigenvalue weighted by Gasteiger charge is 2.07. The van der Waals surface area contributed by atoms with Gasteiger partial charge in [0.2, 0.25) is 5.91 Å². The van der Waals surface area contributed by atoms with Gasteiger partial charge in [-0.3, -0.25) is 9.59 Å². The molecule has 6 nitrogen and oxygen atoms in total. The third kappa shape index (κ3) is 3.57. The van der Waals surface area contributed by atoms with Gasteiger partial charge in [-0.1, -0.05) is 12.1 Å². The number of rotatable bonds is 6. The summed E-state index contributed by atoms with van der Waals surface area (Å²) in [6.45, 7) is 2.15. The monoisotopic (exact) mass is 275 g/mol. The molecule has 6 heteroatoms. The minimum Gasteiger partial charge on any atom is -0.481 e. The molecule has 1 aromatic carbocycles. The molecule has 3 N–H and O–H groups in total. The van der Waals surface area contributed by atoms with Crippen LogP contribution in [0.15, 0.2) is 18.2 Å². The fourth-order valence-corrected chi connectivity index (χ4v) is 1.97. The number of carbonyl (C=O) groups excluding carboxylic acids is 1. The van der Waals surface area contributed by atoms with Crippen LogP contribution in [0.3, 0.4) is 0 Å². The predicted octanol–water partition coefficient (Wildman–Crippen LogP) is 1.39. The molecule has 2 aromatic rings. The Morgan fingerprint density at radius 3 is 2.85 bits per heavy atom. The number of aryl methyl sites for hydroxylation is 2. The number of imidazole rings is 1. The van der Waals surface area contributed by atoms with Crippen LogP contribution in [0.2, 0.25) is 0 Å². The molecule has 0 aliphatic carbocycles. The van der Waals surface area contributed by atoms with E-state index in [2.05, 4.69) is 15.3 Å². The molecule has 0 aliphatic heterocycles. The minimum atomic E-state index is -0.918. The number of carbonyl (C=O) groups is 2. The highest BCUT2D eigenvalue weighted by atomic mass is 16.4. The SMILES string of the molecule is Cc1cccc2[nH]c(CCC(=O)NCCC(=O)O)nc12. The molecule has 0 bridgehead atoms. The van der Waals surface area contributed by atoms with Crippen LogP contribution in [0.1, 0.15) is 24.2 Å². The van der Waals surface area contributed by atoms with E-state index in [-0.39, 0.29) is 18.9 Å². The Labute approximate surface area is 116 Å². The van der Waals surface area contributed by atoms with Gasteiger partial charge in [0.15, 0.2) is 0 Å². The summed E-state index contributed by atoms with van der Waals surface area (Å²) < 4.78 is 0. The van der Waals surface area contributed by atoms with Crippen LogP contribution in [0.5, 0.6) is 0 Å². The first-order valence-corrected chi connectivity index (χ1v) is 6.49. The first-order chi connectivity index (χ1) is 9.56. The van der Waals surface area contributed by atoms with Crippen molar-refractivity contribution < 1.29 is 14.7 Å². The van der Waals surface area contributed by atoms with E-state index in [1.54, 1.807) is 0 Å². The van der Waals surface area contributed by atoms with Crippen LogP contribution >= 0.6 is 0 Å². The summed E-state index contributed by atoms with van der Waals surface area (Å²) in [6, 6.07) is 5.90. The van der Waals surface area contributed by atoms with Gasteiger partial charge in [-0.05, 0) is 18.6 Å². The van der Waals surface area contributed by atoms with E-state index in [0.717, 1.165) is 22.4 Å². The molecule has 106 valence electrons. The van der Waals surface area contributed by atoms with Crippen LogP contribution < -0.4 is 5.32 Å². The molecule has 1 amide bonds. The third-order valence-electron chi connectivity index (χ3n) is 3.01. The summed E-state index contributed by atoms with van der Waals surface area (Å²) in [4.78, 5) is 29.5. The second kappa shape index (κ2) is 6.18. The Bertz CT molecular complexity index is 634. The highest BCUT2D eigenvalue weighted by molar-refractivity contribution is 5.79. The number of carboxylic acid groups (broad SMARTS) is 1. The first-order valence-electron chi connectivity index (χ1n) is 6.49. The van der Waals surface area contributed by atoms with E-state index >= 15 is 0 Å². The van der Waals surface area contributed by atoms with Crippen LogP contribution in [-0.4, -0.2) is 33.5 Å². The number of H-pyrrole nitrogens is 1. The lowest BCUT2D eigenvalue weighted by atomic mass is 10.2. The highest BCUT2D eigenvalue weighted by Crippen LogP contribution is 2.15. The van der Waals surface area contributed by atoms with Crippen molar-refractivity contribution in [3.63, 3.8) is 0 Å². The summed E-state index contributed by atoms with van der Waals surface area (Å²) in [6.07, 6.45) is 0.737. The zero-order chi connectivity index (χ0) is 14.5. The fourth-order valence-electron chi connectivity index (χ4n) is 1.97. The predicted molar refractivity (Wildman–Crippen MR) is 74.4 cm³/mol. The number of aromatic amines is 1. The lowest BCUT2D eigenvalue weighted by Crippen LogP contribution is -2.26. The molecular formula is C14H17N3O3. The molecular weight excluding hydrogens is 258 g/mol. The van der Waals surface area contributed by atoms with Crippen molar-refractivity contribution >= 4 is 22.9 Å². The van der Waals surface area contributed by atoms with Crippen LogP contribution in [-0.2, 0) is 16.0 Å². The summed E-state index contributed by atoms with van der Waals surface area (Å²) in [7, 11) is 0. The number of nitrogens with zero attached hydrogens (tertiary/aromatic N) is 1. The van der Waals surface area contributed by atoms with Crippen LogP contribution in [0.25, 0.3) is 11.0 Å². The van der Waals surface area contributed by atoms with Gasteiger partial charge >= 0.3 is 5.97 Å². The van der Waals surface area contributed by atoms with E-state index in [0.29, 0.717) is 12.8 Å². The van der Waals surface area contributed by atoms with Gasteiger partial charge < -0.3 is 15.4 Å². The van der Waals surface area contributed by atoms with E-state index in [9.17, 15) is 9.59 Å². The minimum absolute atomic E-state index is 0.0599. The lowest BCUT2D eigenvalue weighted by molar-refractivity contribution is -0.136. The lowest BCUT2D eigenvalue weighted by Gasteiger charge is -2.01. The summed E-state index contributed by atoms with van der Waals surface area (Å²) in [5.74, 6) is -0.316. The molecule has 1 heterocycles. The second-order valence-electron chi connectivity index (χ2n) is 4.65. The summed E-state index contributed by atoms with van der Waals surface area (Å²) >= 11 is 0. The maximum Gasteiger partial charge on any atom is 0.305 e. The summed E-state index contributed by atoms with van der Waals surface area (Å²) in [5, 5.41) is 11.0. The molecule has 0 unspecified atom stereocenters. The standard InChI is InChI=1S/C14H17N3O3/c1-9-3-2-4-10-14(9)17-11(16-10)5-6-12(18)15-8-7-13(19)20/h2-4H,5-8H2,1H3,(H,15,18)(H,16,17)(H,19,20). The van der Waals surface area contributed by atoms with Crippen molar-refractivity contribution in [1.82, 2.24) is 15.3 Å². The fraction of sp³-hybridized carbons (Fsp3) is 0.357. The van der Waals surface area contributed by atoms with Gasteiger partial charge in [0.25, 0.3) is 0 Å². The molecule has 0 saturated carbocycles. The average Bonchev–Trinajstić information content (AvgIpc) is 2.80. The Morgan fingerprint density at radius 2 is 2.15 bits per heavy atom.